The van der Waals surface area contributed by atoms with Crippen molar-refractivity contribution < 1.29 is 9.90 Å². The van der Waals surface area contributed by atoms with Gasteiger partial charge in [-0.15, -0.1) is 0 Å². The standard InChI is InChI=1S/C18H19BrN2O2S/c1-9-5-10(2)7-13(6-9)17(23)21-18(24)20-16-12(4)15(19)11(3)8-14(16)22/h5-8,22H,1-4H3,(H2,20,21,23,24). The topological polar surface area (TPSA) is 61.4 Å². The molecule has 0 bridgehead atoms. The number of nitrogens with one attached hydrogen (secondary N) is 2. The lowest BCUT2D eigenvalue weighted by molar-refractivity contribution is 0.0977. The van der Waals surface area contributed by atoms with Crippen LogP contribution in [0.15, 0.2) is 28.7 Å². The van der Waals surface area contributed by atoms with E-state index in [0.29, 0.717) is 11.3 Å². The van der Waals surface area contributed by atoms with E-state index in [4.69, 9.17) is 12.2 Å². The Morgan fingerprint density at radius 3 is 2.25 bits per heavy atom. The van der Waals surface area contributed by atoms with Gasteiger partial charge in [-0.25, -0.2) is 0 Å². The number of thiocarbonyl (C=S) groups is 1. The monoisotopic (exact) mass is 406 g/mol. The Hall–Kier alpha value is -1.92. The van der Waals surface area contributed by atoms with Crippen LogP contribution in [0.3, 0.4) is 0 Å². The van der Waals surface area contributed by atoms with Crippen molar-refractivity contribution in [2.24, 2.45) is 0 Å². The second-order valence-corrected chi connectivity index (χ2v) is 7.01. The van der Waals surface area contributed by atoms with Gasteiger partial charge in [-0.2, -0.15) is 0 Å². The summed E-state index contributed by atoms with van der Waals surface area (Å²) in [4.78, 5) is 12.3. The molecule has 126 valence electrons. The highest BCUT2D eigenvalue weighted by Gasteiger charge is 2.14. The van der Waals surface area contributed by atoms with E-state index < -0.39 is 0 Å². The molecule has 0 unspecified atom stereocenters. The molecule has 0 spiro atoms. The van der Waals surface area contributed by atoms with Crippen molar-refractivity contribution in [3.8, 4) is 5.75 Å². The van der Waals surface area contributed by atoms with Crippen LogP contribution in [0.1, 0.15) is 32.6 Å². The molecule has 6 heteroatoms. The van der Waals surface area contributed by atoms with Crippen molar-refractivity contribution in [2.75, 3.05) is 5.32 Å². The molecule has 0 saturated heterocycles. The Morgan fingerprint density at radius 2 is 1.67 bits per heavy atom. The van der Waals surface area contributed by atoms with Crippen LogP contribution in [0, 0.1) is 27.7 Å². The van der Waals surface area contributed by atoms with Crippen LogP contribution in [-0.4, -0.2) is 16.1 Å². The van der Waals surface area contributed by atoms with E-state index in [1.807, 2.05) is 33.8 Å². The Labute approximate surface area is 155 Å². The third-order valence-electron chi connectivity index (χ3n) is 3.61. The molecule has 0 aromatic heterocycles. The zero-order valence-corrected chi connectivity index (χ0v) is 16.4. The largest absolute Gasteiger partial charge is 0.506 e. The van der Waals surface area contributed by atoms with E-state index in [9.17, 15) is 9.90 Å². The van der Waals surface area contributed by atoms with Crippen LogP contribution >= 0.6 is 28.1 Å². The van der Waals surface area contributed by atoms with Gasteiger partial charge in [-0.3, -0.25) is 10.1 Å². The number of aromatic hydroxyl groups is 1. The average Bonchev–Trinajstić information content (AvgIpc) is 2.48. The highest BCUT2D eigenvalue weighted by Crippen LogP contribution is 2.35. The summed E-state index contributed by atoms with van der Waals surface area (Å²) in [6.07, 6.45) is 0. The number of hydrogen-bond donors (Lipinski definition) is 3. The number of anilines is 1. The van der Waals surface area contributed by atoms with Crippen LogP contribution in [0.5, 0.6) is 5.75 Å². The number of amides is 1. The Balaban J connectivity index is 2.17. The lowest BCUT2D eigenvalue weighted by Crippen LogP contribution is -2.34. The fourth-order valence-electron chi connectivity index (χ4n) is 2.52. The number of carbonyl (C=O) groups is 1. The summed E-state index contributed by atoms with van der Waals surface area (Å²) in [5.74, 6) is -0.209. The molecular formula is C18H19BrN2O2S. The van der Waals surface area contributed by atoms with E-state index in [1.54, 1.807) is 18.2 Å². The highest BCUT2D eigenvalue weighted by atomic mass is 79.9. The molecule has 0 atom stereocenters. The first-order valence-electron chi connectivity index (χ1n) is 7.38. The lowest BCUT2D eigenvalue weighted by Gasteiger charge is -2.16. The lowest BCUT2D eigenvalue weighted by atomic mass is 10.1. The normalized spacial score (nSPS) is 10.4. The zero-order valence-electron chi connectivity index (χ0n) is 14.0. The SMILES string of the molecule is Cc1cc(C)cc(C(=O)NC(=S)Nc2c(O)cc(C)c(Br)c2C)c1. The molecule has 0 aliphatic heterocycles. The molecule has 0 radical (unpaired) electrons. The summed E-state index contributed by atoms with van der Waals surface area (Å²) < 4.78 is 0.881. The maximum Gasteiger partial charge on any atom is 0.257 e. The van der Waals surface area contributed by atoms with Gasteiger partial charge in [0.2, 0.25) is 0 Å². The molecule has 0 saturated carbocycles. The van der Waals surface area contributed by atoms with Gasteiger partial charge in [-0.05, 0) is 69.2 Å². The number of halogens is 1. The molecule has 3 N–H and O–H groups in total. The van der Waals surface area contributed by atoms with Crippen molar-refractivity contribution in [2.45, 2.75) is 27.7 Å². The van der Waals surface area contributed by atoms with Crippen molar-refractivity contribution in [1.82, 2.24) is 5.32 Å². The van der Waals surface area contributed by atoms with Crippen LogP contribution in [-0.2, 0) is 0 Å². The average molecular weight is 407 g/mol. The van der Waals surface area contributed by atoms with Crippen molar-refractivity contribution >= 4 is 44.9 Å². The molecule has 4 nitrogen and oxygen atoms in total. The first-order valence-corrected chi connectivity index (χ1v) is 8.58. The number of hydrogen-bond acceptors (Lipinski definition) is 3. The molecule has 2 rings (SSSR count). The molecule has 0 heterocycles. The molecule has 0 aliphatic rings. The van der Waals surface area contributed by atoms with Crippen molar-refractivity contribution in [3.05, 3.63) is 56.6 Å². The second kappa shape index (κ2) is 7.32. The number of phenolic OH excluding ortho intramolecular Hbond substituents is 1. The van der Waals surface area contributed by atoms with Crippen molar-refractivity contribution in [3.63, 3.8) is 0 Å². The molecule has 2 aromatic carbocycles. The minimum atomic E-state index is -0.289. The van der Waals surface area contributed by atoms with Gasteiger partial charge in [0.05, 0.1) is 5.69 Å². The van der Waals surface area contributed by atoms with E-state index in [0.717, 1.165) is 26.7 Å². The fraction of sp³-hybridized carbons (Fsp3) is 0.222. The van der Waals surface area contributed by atoms with Gasteiger partial charge in [0.25, 0.3) is 5.91 Å². The minimum absolute atomic E-state index is 0.0798. The van der Waals surface area contributed by atoms with E-state index in [2.05, 4.69) is 26.6 Å². The summed E-state index contributed by atoms with van der Waals surface area (Å²) in [6, 6.07) is 7.23. The third kappa shape index (κ3) is 4.13. The van der Waals surface area contributed by atoms with Crippen LogP contribution in [0.2, 0.25) is 0 Å². The minimum Gasteiger partial charge on any atom is -0.506 e. The van der Waals surface area contributed by atoms with Gasteiger partial charge < -0.3 is 10.4 Å². The zero-order chi connectivity index (χ0) is 18.0. The van der Waals surface area contributed by atoms with Crippen LogP contribution in [0.25, 0.3) is 0 Å². The second-order valence-electron chi connectivity index (χ2n) is 5.81. The molecule has 1 amide bonds. The predicted molar refractivity (Wildman–Crippen MR) is 105 cm³/mol. The maximum absolute atomic E-state index is 12.3. The number of rotatable bonds is 2. The number of phenols is 1. The molecular weight excluding hydrogens is 388 g/mol. The third-order valence-corrected chi connectivity index (χ3v) is 5.03. The quantitative estimate of drug-likeness (QED) is 0.506. The number of benzene rings is 2. The van der Waals surface area contributed by atoms with Gasteiger partial charge in [0.1, 0.15) is 5.75 Å². The van der Waals surface area contributed by atoms with Crippen molar-refractivity contribution in [1.29, 1.82) is 0 Å². The van der Waals surface area contributed by atoms with E-state index in [-0.39, 0.29) is 16.8 Å². The Kier molecular flexibility index (Phi) is 5.62. The maximum atomic E-state index is 12.3. The summed E-state index contributed by atoms with van der Waals surface area (Å²) in [5, 5.41) is 15.8. The summed E-state index contributed by atoms with van der Waals surface area (Å²) in [5.41, 5.74) is 4.77. The highest BCUT2D eigenvalue weighted by molar-refractivity contribution is 9.10. The molecule has 0 fully saturated rings. The van der Waals surface area contributed by atoms with Gasteiger partial charge in [0.15, 0.2) is 5.11 Å². The summed E-state index contributed by atoms with van der Waals surface area (Å²) in [7, 11) is 0. The van der Waals surface area contributed by atoms with Crippen LogP contribution in [0.4, 0.5) is 5.69 Å². The van der Waals surface area contributed by atoms with E-state index >= 15 is 0 Å². The van der Waals surface area contributed by atoms with Gasteiger partial charge in [-0.1, -0.05) is 33.1 Å². The first kappa shape index (κ1) is 18.4. The Bertz CT molecular complexity index is 814. The predicted octanol–water partition coefficient (Wildman–Crippen LogP) is 4.52. The molecule has 2 aromatic rings. The first-order chi connectivity index (χ1) is 11.2. The van der Waals surface area contributed by atoms with Gasteiger partial charge >= 0.3 is 0 Å². The molecule has 24 heavy (non-hydrogen) atoms. The molecule has 0 aliphatic carbocycles. The summed E-state index contributed by atoms with van der Waals surface area (Å²) >= 11 is 8.68. The Morgan fingerprint density at radius 1 is 1.08 bits per heavy atom. The van der Waals surface area contributed by atoms with Gasteiger partial charge in [0, 0.05) is 10.0 Å². The fourth-order valence-corrected chi connectivity index (χ4v) is 3.03. The number of aryl methyl sites for hydroxylation is 3. The van der Waals surface area contributed by atoms with Crippen LogP contribution < -0.4 is 10.6 Å². The van der Waals surface area contributed by atoms with E-state index in [1.165, 1.54) is 0 Å². The summed E-state index contributed by atoms with van der Waals surface area (Å²) in [6.45, 7) is 7.62. The number of carbonyl (C=O) groups excluding carboxylic acids is 1. The smallest absolute Gasteiger partial charge is 0.257 e.